The first-order valence-electron chi connectivity index (χ1n) is 8.96. The van der Waals surface area contributed by atoms with E-state index in [1.54, 1.807) is 45.7 Å². The van der Waals surface area contributed by atoms with Crippen LogP contribution in [0.15, 0.2) is 18.0 Å². The number of hydrogen-bond donors (Lipinski definition) is 2. The summed E-state index contributed by atoms with van der Waals surface area (Å²) in [5.74, 6) is 1.60. The summed E-state index contributed by atoms with van der Waals surface area (Å²) in [5, 5.41) is 4.03. The van der Waals surface area contributed by atoms with Gasteiger partial charge in [0.2, 0.25) is 5.78 Å². The number of ether oxygens (including phenoxy) is 3. The van der Waals surface area contributed by atoms with E-state index in [1.165, 1.54) is 6.92 Å². The van der Waals surface area contributed by atoms with Crippen LogP contribution in [0.5, 0.6) is 0 Å². The Hall–Kier alpha value is -2.86. The van der Waals surface area contributed by atoms with Gasteiger partial charge in [0.25, 0.3) is 0 Å². The first-order chi connectivity index (χ1) is 14.1. The molecule has 0 aliphatic heterocycles. The average Bonchev–Trinajstić information content (AvgIpc) is 3.01. The summed E-state index contributed by atoms with van der Waals surface area (Å²) < 4.78 is 39.6. The number of carbonyl (C=O) groups excluding carboxylic acids is 3. The Labute approximate surface area is 181 Å². The van der Waals surface area contributed by atoms with Crippen LogP contribution in [0.3, 0.4) is 0 Å². The molecule has 0 saturated heterocycles. The van der Waals surface area contributed by atoms with Crippen molar-refractivity contribution in [1.29, 1.82) is 0 Å². The lowest BCUT2D eigenvalue weighted by molar-refractivity contribution is -0.142. The van der Waals surface area contributed by atoms with Crippen molar-refractivity contribution in [3.05, 3.63) is 29.3 Å². The van der Waals surface area contributed by atoms with Gasteiger partial charge in [-0.05, 0) is 34.7 Å². The van der Waals surface area contributed by atoms with Crippen molar-refractivity contribution in [2.75, 3.05) is 26.9 Å². The molecule has 0 saturated carbocycles. The molecule has 0 radical (unpaired) electrons. The number of Topliss-reactive ketones (excluding diaryl/α,β-unsaturated/α-hetero) is 1. The number of aromatic nitrogens is 2. The molecule has 1 aromatic rings. The van der Waals surface area contributed by atoms with Gasteiger partial charge in [-0.25, -0.2) is 18.4 Å². The highest BCUT2D eigenvalue weighted by Crippen LogP contribution is 2.08. The standard InChI is InChI=1S/C9H12F2O4.C8H12N2O2.CH6N2.CH4/c1-3-14-5-6(7(12)8(10)11)9(13)15-4-2;1-4-12-8(11)7-5-10(3)9-6(7)2;1-3-2;/h5,8H,3-4H2,1-2H3;5H,4H2,1-3H3;3H,2H2,1H3;1H4/b6-5-;;;. The zero-order valence-corrected chi connectivity index (χ0v) is 18.0. The fourth-order valence-electron chi connectivity index (χ4n) is 1.71. The Morgan fingerprint density at radius 2 is 1.71 bits per heavy atom. The van der Waals surface area contributed by atoms with E-state index in [1.807, 2.05) is 0 Å². The maximum absolute atomic E-state index is 12.1. The molecule has 3 N–H and O–H groups in total. The lowest BCUT2D eigenvalue weighted by Crippen LogP contribution is -2.21. The quantitative estimate of drug-likeness (QED) is 0.115. The molecule has 10 nitrogen and oxygen atoms in total. The molecule has 0 fully saturated rings. The molecular formula is C19H34F2N4O6. The fourth-order valence-corrected chi connectivity index (χ4v) is 1.71. The topological polar surface area (TPSA) is 135 Å². The van der Waals surface area contributed by atoms with Crippen LogP contribution >= 0.6 is 0 Å². The fraction of sp³-hybridized carbons (Fsp3) is 0.579. The van der Waals surface area contributed by atoms with Crippen molar-refractivity contribution in [2.24, 2.45) is 12.9 Å². The number of aryl methyl sites for hydroxylation is 2. The number of nitrogens with zero attached hydrogens (tertiary/aromatic N) is 2. The van der Waals surface area contributed by atoms with Gasteiger partial charge < -0.3 is 14.2 Å². The molecule has 0 spiro atoms. The summed E-state index contributed by atoms with van der Waals surface area (Å²) in [6, 6.07) is 0. The van der Waals surface area contributed by atoms with Gasteiger partial charge in [-0.15, -0.1) is 0 Å². The molecule has 0 aliphatic rings. The number of nitrogens with one attached hydrogen (secondary N) is 1. The molecule has 1 heterocycles. The number of carbonyl (C=O) groups is 3. The van der Waals surface area contributed by atoms with E-state index in [9.17, 15) is 23.2 Å². The van der Waals surface area contributed by atoms with Crippen molar-refractivity contribution < 1.29 is 37.4 Å². The van der Waals surface area contributed by atoms with E-state index in [-0.39, 0.29) is 26.6 Å². The summed E-state index contributed by atoms with van der Waals surface area (Å²) >= 11 is 0. The monoisotopic (exact) mass is 452 g/mol. The number of hydrogen-bond acceptors (Lipinski definition) is 9. The number of halogens is 2. The minimum Gasteiger partial charge on any atom is -0.500 e. The summed E-state index contributed by atoms with van der Waals surface area (Å²) in [6.45, 7) is 7.22. The van der Waals surface area contributed by atoms with Crippen LogP contribution < -0.4 is 11.3 Å². The lowest BCUT2D eigenvalue weighted by Gasteiger charge is -2.05. The second kappa shape index (κ2) is 19.1. The molecule has 0 aromatic carbocycles. The Kier molecular flexibility index (Phi) is 20.2. The van der Waals surface area contributed by atoms with Crippen LogP contribution in [-0.2, 0) is 30.8 Å². The molecule has 0 aliphatic carbocycles. The number of nitrogens with two attached hydrogens (primary N) is 1. The van der Waals surface area contributed by atoms with E-state index in [4.69, 9.17) is 4.74 Å². The number of hydrazine groups is 1. The van der Waals surface area contributed by atoms with Gasteiger partial charge in [-0.1, -0.05) is 7.43 Å². The van der Waals surface area contributed by atoms with Gasteiger partial charge in [0.1, 0.15) is 17.4 Å². The highest BCUT2D eigenvalue weighted by atomic mass is 19.3. The third kappa shape index (κ3) is 13.9. The second-order valence-electron chi connectivity index (χ2n) is 5.18. The maximum atomic E-state index is 12.1. The molecule has 31 heavy (non-hydrogen) atoms. The minimum atomic E-state index is -3.25. The van der Waals surface area contributed by atoms with Crippen LogP contribution in [0, 0.1) is 6.92 Å². The van der Waals surface area contributed by atoms with Gasteiger partial charge in [0.15, 0.2) is 0 Å². The van der Waals surface area contributed by atoms with Crippen molar-refractivity contribution in [3.8, 4) is 0 Å². The highest BCUT2D eigenvalue weighted by molar-refractivity contribution is 6.18. The largest absolute Gasteiger partial charge is 0.500 e. The maximum Gasteiger partial charge on any atom is 0.345 e. The molecule has 1 aromatic heterocycles. The van der Waals surface area contributed by atoms with E-state index >= 15 is 0 Å². The molecule has 0 atom stereocenters. The third-order valence-electron chi connectivity index (χ3n) is 2.84. The van der Waals surface area contributed by atoms with E-state index in [0.29, 0.717) is 24.1 Å². The zero-order valence-electron chi connectivity index (χ0n) is 18.0. The second-order valence-corrected chi connectivity index (χ2v) is 5.18. The van der Waals surface area contributed by atoms with Crippen molar-refractivity contribution in [2.45, 2.75) is 41.5 Å². The Balaban J connectivity index is -0.000000442. The van der Waals surface area contributed by atoms with Gasteiger partial charge in [-0.2, -0.15) is 5.10 Å². The zero-order chi connectivity index (χ0) is 23.7. The third-order valence-corrected chi connectivity index (χ3v) is 2.84. The molecule has 1 rings (SSSR count). The average molecular weight is 452 g/mol. The normalized spacial score (nSPS) is 9.94. The molecule has 0 amide bonds. The predicted octanol–water partition coefficient (Wildman–Crippen LogP) is 1.92. The van der Waals surface area contributed by atoms with Crippen LogP contribution in [-0.4, -0.2) is 60.8 Å². The summed E-state index contributed by atoms with van der Waals surface area (Å²) in [5.41, 5.74) is 2.73. The Bertz CT molecular complexity index is 693. The number of esters is 2. The molecular weight excluding hydrogens is 418 g/mol. The van der Waals surface area contributed by atoms with Crippen molar-refractivity contribution >= 4 is 17.7 Å². The molecule has 0 bridgehead atoms. The first-order valence-corrected chi connectivity index (χ1v) is 8.96. The summed E-state index contributed by atoms with van der Waals surface area (Å²) in [7, 11) is 3.43. The lowest BCUT2D eigenvalue weighted by atomic mass is 10.2. The predicted molar refractivity (Wildman–Crippen MR) is 111 cm³/mol. The molecule has 12 heteroatoms. The van der Waals surface area contributed by atoms with Gasteiger partial charge >= 0.3 is 18.4 Å². The van der Waals surface area contributed by atoms with Crippen LogP contribution in [0.1, 0.15) is 44.2 Å². The van der Waals surface area contributed by atoms with Crippen molar-refractivity contribution in [1.82, 2.24) is 15.2 Å². The van der Waals surface area contributed by atoms with Gasteiger partial charge in [-0.3, -0.25) is 20.7 Å². The van der Waals surface area contributed by atoms with Crippen LogP contribution in [0.2, 0.25) is 0 Å². The SMILES string of the molecule is C.CCO/C=C(\C(=O)OCC)C(=O)C(F)F.CCOC(=O)c1cn(C)nc1C.CNN. The first kappa shape index (κ1) is 32.8. The highest BCUT2D eigenvalue weighted by Gasteiger charge is 2.27. The van der Waals surface area contributed by atoms with E-state index < -0.39 is 23.8 Å². The number of ketones is 1. The molecule has 180 valence electrons. The molecule has 0 unspecified atom stereocenters. The van der Waals surface area contributed by atoms with Gasteiger partial charge in [0, 0.05) is 13.2 Å². The summed E-state index contributed by atoms with van der Waals surface area (Å²) in [6.07, 6.45) is -0.888. The Morgan fingerprint density at radius 3 is 2.06 bits per heavy atom. The van der Waals surface area contributed by atoms with E-state index in [0.717, 1.165) is 0 Å². The van der Waals surface area contributed by atoms with E-state index in [2.05, 4.69) is 25.8 Å². The summed E-state index contributed by atoms with van der Waals surface area (Å²) in [4.78, 5) is 33.1. The van der Waals surface area contributed by atoms with Crippen molar-refractivity contribution in [3.63, 3.8) is 0 Å². The number of rotatable bonds is 8. The Morgan fingerprint density at radius 1 is 1.19 bits per heavy atom. The number of alkyl halides is 2. The van der Waals surface area contributed by atoms with Crippen LogP contribution in [0.4, 0.5) is 8.78 Å². The van der Waals surface area contributed by atoms with Gasteiger partial charge in [0.05, 0.1) is 25.5 Å². The minimum absolute atomic E-state index is 0. The van der Waals surface area contributed by atoms with Crippen LogP contribution in [0.25, 0.3) is 0 Å². The smallest absolute Gasteiger partial charge is 0.345 e.